The zero-order valence-corrected chi connectivity index (χ0v) is 15.9. The number of aliphatic hydroxyl groups is 2. The lowest BCUT2D eigenvalue weighted by Crippen LogP contribution is -1.88. The van der Waals surface area contributed by atoms with Crippen LogP contribution in [-0.4, -0.2) is 23.4 Å². The standard InChI is InChI=1S/2C10H22O/c2*1-10(2)8-6-4-3-5-7-9-11/h2*10-11H,3-9H2,1-2H3. The molecule has 136 valence electrons. The van der Waals surface area contributed by atoms with Crippen molar-refractivity contribution in [2.24, 2.45) is 11.8 Å². The number of hydrogen-bond donors (Lipinski definition) is 2. The van der Waals surface area contributed by atoms with E-state index in [0.717, 1.165) is 24.7 Å². The first-order valence-corrected chi connectivity index (χ1v) is 9.76. The van der Waals surface area contributed by atoms with Gasteiger partial charge in [-0.05, 0) is 24.7 Å². The van der Waals surface area contributed by atoms with Crippen LogP contribution in [0.25, 0.3) is 0 Å². The van der Waals surface area contributed by atoms with Crippen molar-refractivity contribution in [2.45, 2.75) is 105 Å². The van der Waals surface area contributed by atoms with Crippen LogP contribution in [0.3, 0.4) is 0 Å². The molecular formula is C20H44O2. The van der Waals surface area contributed by atoms with Gasteiger partial charge >= 0.3 is 0 Å². The van der Waals surface area contributed by atoms with Gasteiger partial charge in [-0.25, -0.2) is 0 Å². The van der Waals surface area contributed by atoms with E-state index < -0.39 is 0 Å². The van der Waals surface area contributed by atoms with Crippen LogP contribution in [0.2, 0.25) is 0 Å². The molecule has 22 heavy (non-hydrogen) atoms. The highest BCUT2D eigenvalue weighted by molar-refractivity contribution is 4.48. The maximum Gasteiger partial charge on any atom is 0.0431 e. The van der Waals surface area contributed by atoms with Crippen LogP contribution >= 0.6 is 0 Å². The molecule has 0 rings (SSSR count). The third-order valence-electron chi connectivity index (χ3n) is 3.88. The largest absolute Gasteiger partial charge is 0.396 e. The summed E-state index contributed by atoms with van der Waals surface area (Å²) in [6.45, 7) is 9.82. The first kappa shape index (κ1) is 24.2. The maximum absolute atomic E-state index is 8.51. The van der Waals surface area contributed by atoms with Gasteiger partial charge in [0.25, 0.3) is 0 Å². The van der Waals surface area contributed by atoms with Crippen LogP contribution in [-0.2, 0) is 0 Å². The first-order chi connectivity index (χ1) is 10.5. The summed E-state index contributed by atoms with van der Waals surface area (Å²) < 4.78 is 0. The minimum Gasteiger partial charge on any atom is -0.396 e. The molecule has 0 radical (unpaired) electrons. The number of hydrogen-bond acceptors (Lipinski definition) is 2. The Morgan fingerprint density at radius 2 is 0.727 bits per heavy atom. The third-order valence-corrected chi connectivity index (χ3v) is 3.88. The molecule has 0 aliphatic carbocycles. The summed E-state index contributed by atoms with van der Waals surface area (Å²) in [6, 6.07) is 0. The monoisotopic (exact) mass is 316 g/mol. The summed E-state index contributed by atoms with van der Waals surface area (Å²) in [7, 11) is 0. The van der Waals surface area contributed by atoms with Gasteiger partial charge in [-0.2, -0.15) is 0 Å². The molecule has 0 aromatic carbocycles. The second-order valence-electron chi connectivity index (χ2n) is 7.35. The second-order valence-corrected chi connectivity index (χ2v) is 7.35. The minimum atomic E-state index is 0.365. The van der Waals surface area contributed by atoms with Crippen LogP contribution in [0.5, 0.6) is 0 Å². The Bertz CT molecular complexity index is 159. The van der Waals surface area contributed by atoms with E-state index in [1.165, 1.54) is 64.2 Å². The molecule has 0 aliphatic rings. The summed E-state index contributed by atoms with van der Waals surface area (Å²) in [5.41, 5.74) is 0. The van der Waals surface area contributed by atoms with Gasteiger partial charge in [0.15, 0.2) is 0 Å². The zero-order valence-electron chi connectivity index (χ0n) is 15.9. The van der Waals surface area contributed by atoms with E-state index in [1.54, 1.807) is 0 Å². The summed E-state index contributed by atoms with van der Waals surface area (Å²) in [5.74, 6) is 1.71. The van der Waals surface area contributed by atoms with Gasteiger partial charge in [-0.15, -0.1) is 0 Å². The van der Waals surface area contributed by atoms with Crippen LogP contribution in [0.4, 0.5) is 0 Å². The van der Waals surface area contributed by atoms with Crippen molar-refractivity contribution < 1.29 is 10.2 Å². The van der Waals surface area contributed by atoms with Crippen molar-refractivity contribution >= 4 is 0 Å². The molecule has 0 aromatic rings. The molecule has 0 bridgehead atoms. The normalized spacial score (nSPS) is 10.9. The maximum atomic E-state index is 8.51. The molecule has 0 saturated carbocycles. The quantitative estimate of drug-likeness (QED) is 0.389. The van der Waals surface area contributed by atoms with Crippen molar-refractivity contribution in [3.05, 3.63) is 0 Å². The molecule has 0 aliphatic heterocycles. The van der Waals surface area contributed by atoms with Gasteiger partial charge in [0.05, 0.1) is 0 Å². The average molecular weight is 317 g/mol. The van der Waals surface area contributed by atoms with Gasteiger partial charge in [0, 0.05) is 13.2 Å². The fourth-order valence-corrected chi connectivity index (χ4v) is 2.39. The van der Waals surface area contributed by atoms with Crippen LogP contribution < -0.4 is 0 Å². The van der Waals surface area contributed by atoms with Crippen molar-refractivity contribution in [3.8, 4) is 0 Å². The summed E-state index contributed by atoms with van der Waals surface area (Å²) >= 11 is 0. The van der Waals surface area contributed by atoms with Gasteiger partial charge in [-0.3, -0.25) is 0 Å². The Hall–Kier alpha value is -0.0800. The lowest BCUT2D eigenvalue weighted by Gasteiger charge is -2.03. The molecular weight excluding hydrogens is 272 g/mol. The lowest BCUT2D eigenvalue weighted by atomic mass is 10.0. The number of aliphatic hydroxyl groups excluding tert-OH is 2. The Labute approximate surface area is 140 Å². The van der Waals surface area contributed by atoms with Crippen LogP contribution in [0.15, 0.2) is 0 Å². The smallest absolute Gasteiger partial charge is 0.0431 e. The highest BCUT2D eigenvalue weighted by Crippen LogP contribution is 2.10. The number of unbranched alkanes of at least 4 members (excludes halogenated alkanes) is 8. The summed E-state index contributed by atoms with van der Waals surface area (Å²) in [6.07, 6.45) is 15.1. The van der Waals surface area contributed by atoms with E-state index in [2.05, 4.69) is 27.7 Å². The fraction of sp³-hybridized carbons (Fsp3) is 1.00. The third kappa shape index (κ3) is 28.1. The van der Waals surface area contributed by atoms with E-state index in [9.17, 15) is 0 Å². The van der Waals surface area contributed by atoms with Crippen LogP contribution in [0, 0.1) is 11.8 Å². The SMILES string of the molecule is CC(C)CCCCCCCO.CC(C)CCCCCCCO. The molecule has 0 amide bonds. The highest BCUT2D eigenvalue weighted by Gasteiger charge is 1.94. The number of rotatable bonds is 14. The van der Waals surface area contributed by atoms with E-state index in [-0.39, 0.29) is 0 Å². The summed E-state index contributed by atoms with van der Waals surface area (Å²) in [5, 5.41) is 17.0. The molecule has 2 N–H and O–H groups in total. The molecule has 2 nitrogen and oxygen atoms in total. The Kier molecular flexibility index (Phi) is 23.0. The molecule has 0 unspecified atom stereocenters. The molecule has 0 aromatic heterocycles. The zero-order chi connectivity index (χ0) is 17.1. The van der Waals surface area contributed by atoms with Gasteiger partial charge in [0.2, 0.25) is 0 Å². The van der Waals surface area contributed by atoms with E-state index >= 15 is 0 Å². The predicted octanol–water partition coefficient (Wildman–Crippen LogP) is 5.95. The van der Waals surface area contributed by atoms with E-state index in [0.29, 0.717) is 13.2 Å². The molecule has 0 fully saturated rings. The van der Waals surface area contributed by atoms with E-state index in [4.69, 9.17) is 10.2 Å². The minimum absolute atomic E-state index is 0.365. The Morgan fingerprint density at radius 1 is 0.455 bits per heavy atom. The average Bonchev–Trinajstić information content (AvgIpc) is 2.46. The van der Waals surface area contributed by atoms with Gasteiger partial charge < -0.3 is 10.2 Å². The molecule has 2 heteroatoms. The Morgan fingerprint density at radius 3 is 1.00 bits per heavy atom. The van der Waals surface area contributed by atoms with Gasteiger partial charge in [0.1, 0.15) is 0 Å². The van der Waals surface area contributed by atoms with Crippen molar-refractivity contribution in [1.29, 1.82) is 0 Å². The predicted molar refractivity (Wildman–Crippen MR) is 99.3 cm³/mol. The van der Waals surface area contributed by atoms with Crippen LogP contribution in [0.1, 0.15) is 105 Å². The molecule has 0 saturated heterocycles. The van der Waals surface area contributed by atoms with E-state index in [1.807, 2.05) is 0 Å². The second kappa shape index (κ2) is 20.9. The van der Waals surface area contributed by atoms with Crippen molar-refractivity contribution in [2.75, 3.05) is 13.2 Å². The van der Waals surface area contributed by atoms with Gasteiger partial charge in [-0.1, -0.05) is 91.9 Å². The first-order valence-electron chi connectivity index (χ1n) is 9.76. The summed E-state index contributed by atoms with van der Waals surface area (Å²) in [4.78, 5) is 0. The lowest BCUT2D eigenvalue weighted by molar-refractivity contribution is 0.282. The fourth-order valence-electron chi connectivity index (χ4n) is 2.39. The molecule has 0 spiro atoms. The highest BCUT2D eigenvalue weighted by atomic mass is 16.3. The van der Waals surface area contributed by atoms with Crippen molar-refractivity contribution in [3.63, 3.8) is 0 Å². The Balaban J connectivity index is 0. The molecule has 0 atom stereocenters. The topological polar surface area (TPSA) is 40.5 Å². The van der Waals surface area contributed by atoms with Crippen molar-refractivity contribution in [1.82, 2.24) is 0 Å². The molecule has 0 heterocycles.